The Kier molecular flexibility index (Phi) is 5.68. The summed E-state index contributed by atoms with van der Waals surface area (Å²) in [6, 6.07) is 39.6. The molecule has 0 saturated heterocycles. The van der Waals surface area contributed by atoms with Crippen LogP contribution < -0.4 is 0 Å². The van der Waals surface area contributed by atoms with E-state index in [1.165, 1.54) is 104 Å². The number of hydrogen-bond donors (Lipinski definition) is 0. The van der Waals surface area contributed by atoms with Gasteiger partial charge in [0, 0.05) is 5.41 Å². The molecule has 6 aromatic carbocycles. The zero-order chi connectivity index (χ0) is 27.6. The zero-order valence-corrected chi connectivity index (χ0v) is 24.1. The molecule has 41 heavy (non-hydrogen) atoms. The van der Waals surface area contributed by atoms with Crippen molar-refractivity contribution in [1.82, 2.24) is 0 Å². The lowest BCUT2D eigenvalue weighted by Crippen LogP contribution is -2.24. The fourth-order valence-electron chi connectivity index (χ4n) is 8.05. The summed E-state index contributed by atoms with van der Waals surface area (Å²) >= 11 is 0. The highest BCUT2D eigenvalue weighted by Gasteiger charge is 2.43. The van der Waals surface area contributed by atoms with Crippen molar-refractivity contribution < 1.29 is 0 Å². The van der Waals surface area contributed by atoms with Crippen LogP contribution in [0.1, 0.15) is 69.1 Å². The molecule has 0 aliphatic heterocycles. The highest BCUT2D eigenvalue weighted by atomic mass is 14.5. The maximum absolute atomic E-state index is 2.58. The number of allylic oxidation sites excluding steroid dienone is 2. The monoisotopic (exact) mass is 528 g/mol. The van der Waals surface area contributed by atoms with Gasteiger partial charge in [-0.25, -0.2) is 0 Å². The molecule has 0 amide bonds. The second-order valence-electron chi connectivity index (χ2n) is 12.3. The molecule has 2 aliphatic carbocycles. The minimum atomic E-state index is 0.112. The highest BCUT2D eigenvalue weighted by molar-refractivity contribution is 6.21. The van der Waals surface area contributed by atoms with Crippen molar-refractivity contribution in [1.29, 1.82) is 0 Å². The van der Waals surface area contributed by atoms with Crippen LogP contribution in [0.5, 0.6) is 0 Å². The Balaban J connectivity index is 1.40. The van der Waals surface area contributed by atoms with Gasteiger partial charge in [-0.1, -0.05) is 117 Å². The Bertz CT molecular complexity index is 2010. The quantitative estimate of drug-likeness (QED) is 0.196. The van der Waals surface area contributed by atoms with Crippen LogP contribution in [0.3, 0.4) is 0 Å². The third kappa shape index (κ3) is 3.66. The lowest BCUT2D eigenvalue weighted by Gasteiger charge is -2.31. The average molecular weight is 529 g/mol. The van der Waals surface area contributed by atoms with Crippen LogP contribution in [0.15, 0.2) is 109 Å². The van der Waals surface area contributed by atoms with Gasteiger partial charge in [-0.05, 0) is 122 Å². The van der Waals surface area contributed by atoms with E-state index in [2.05, 4.69) is 123 Å². The molecule has 0 heteroatoms. The normalized spacial score (nSPS) is 16.3. The van der Waals surface area contributed by atoms with Crippen molar-refractivity contribution in [2.45, 2.75) is 57.8 Å². The summed E-state index contributed by atoms with van der Waals surface area (Å²) in [5.41, 5.74) is 11.6. The Morgan fingerprint density at radius 2 is 1.22 bits per heavy atom. The zero-order valence-electron chi connectivity index (χ0n) is 24.1. The first kappa shape index (κ1) is 24.6. The molecule has 0 unspecified atom stereocenters. The van der Waals surface area contributed by atoms with E-state index in [1.54, 1.807) is 11.1 Å². The van der Waals surface area contributed by atoms with Crippen molar-refractivity contribution in [2.24, 2.45) is 0 Å². The molecule has 6 aromatic rings. The second kappa shape index (κ2) is 9.45. The molecule has 1 fully saturated rings. The number of benzene rings is 6. The minimum absolute atomic E-state index is 0.112. The predicted molar refractivity (Wildman–Crippen MR) is 178 cm³/mol. The van der Waals surface area contributed by atoms with Gasteiger partial charge < -0.3 is 0 Å². The first-order valence-electron chi connectivity index (χ1n) is 15.4. The van der Waals surface area contributed by atoms with Gasteiger partial charge in [0.2, 0.25) is 0 Å². The van der Waals surface area contributed by atoms with Crippen molar-refractivity contribution in [3.8, 4) is 22.3 Å². The van der Waals surface area contributed by atoms with Crippen molar-refractivity contribution in [3.05, 3.63) is 126 Å². The number of fused-ring (bicyclic) bond motifs is 10. The van der Waals surface area contributed by atoms with Gasteiger partial charge in [0.05, 0.1) is 0 Å². The van der Waals surface area contributed by atoms with Gasteiger partial charge in [-0.3, -0.25) is 0 Å². The van der Waals surface area contributed by atoms with Gasteiger partial charge >= 0.3 is 0 Å². The fourth-order valence-corrected chi connectivity index (χ4v) is 8.05. The molecular formula is C41H36. The third-order valence-corrected chi connectivity index (χ3v) is 10.3. The van der Waals surface area contributed by atoms with Crippen LogP contribution in [-0.4, -0.2) is 0 Å². The predicted octanol–water partition coefficient (Wildman–Crippen LogP) is 11.9. The summed E-state index contributed by atoms with van der Waals surface area (Å²) in [4.78, 5) is 0. The van der Waals surface area contributed by atoms with Gasteiger partial charge in [-0.15, -0.1) is 0 Å². The van der Waals surface area contributed by atoms with Gasteiger partial charge in [-0.2, -0.15) is 0 Å². The Morgan fingerprint density at radius 3 is 2.00 bits per heavy atom. The van der Waals surface area contributed by atoms with Crippen LogP contribution in [0.4, 0.5) is 0 Å². The van der Waals surface area contributed by atoms with E-state index >= 15 is 0 Å². The Morgan fingerprint density at radius 1 is 0.561 bits per heavy atom. The SMILES string of the molecule is C/C=C(\C)c1ccc2c(c1)C1(CCCCCC1)c1cc(-c3cc4c5ccccc5ccc4c4ccccc34)ccc1-2. The third-order valence-electron chi connectivity index (χ3n) is 10.3. The second-order valence-corrected chi connectivity index (χ2v) is 12.3. The van der Waals surface area contributed by atoms with Crippen LogP contribution in [0, 0.1) is 0 Å². The molecule has 0 bridgehead atoms. The van der Waals surface area contributed by atoms with Crippen molar-refractivity contribution in [2.75, 3.05) is 0 Å². The molecule has 0 N–H and O–H groups in total. The van der Waals surface area contributed by atoms with Crippen LogP contribution in [0.2, 0.25) is 0 Å². The smallest absolute Gasteiger partial charge is 0.0215 e. The van der Waals surface area contributed by atoms with E-state index in [0.717, 1.165) is 0 Å². The first-order valence-corrected chi connectivity index (χ1v) is 15.4. The molecule has 200 valence electrons. The molecule has 0 aromatic heterocycles. The lowest BCUT2D eigenvalue weighted by atomic mass is 9.71. The van der Waals surface area contributed by atoms with E-state index in [-0.39, 0.29) is 5.41 Å². The van der Waals surface area contributed by atoms with Crippen molar-refractivity contribution >= 4 is 37.9 Å². The molecule has 0 radical (unpaired) electrons. The number of hydrogen-bond acceptors (Lipinski definition) is 0. The van der Waals surface area contributed by atoms with Crippen LogP contribution in [-0.2, 0) is 5.41 Å². The van der Waals surface area contributed by atoms with E-state index in [4.69, 9.17) is 0 Å². The van der Waals surface area contributed by atoms with Gasteiger partial charge in [0.1, 0.15) is 0 Å². The van der Waals surface area contributed by atoms with E-state index in [0.29, 0.717) is 0 Å². The minimum Gasteiger partial charge on any atom is -0.0841 e. The van der Waals surface area contributed by atoms with E-state index in [1.807, 2.05) is 0 Å². The standard InChI is InChI=1S/C41H36/c1-3-27(2)29-17-20-35-36-21-18-30(25-40(36)41(39(35)24-29)22-10-4-5-11-23-41)37-26-38-31-13-7-6-12-28(31)16-19-34(38)32-14-8-9-15-33(32)37/h3,6-9,12-21,24-26H,4-5,10-11,22-23H2,1-2H3/b27-3+. The molecule has 8 rings (SSSR count). The largest absolute Gasteiger partial charge is 0.0841 e. The summed E-state index contributed by atoms with van der Waals surface area (Å²) in [7, 11) is 0. The molecule has 0 atom stereocenters. The topological polar surface area (TPSA) is 0 Å². The molecule has 1 spiro atoms. The Labute approximate surface area is 243 Å². The van der Waals surface area contributed by atoms with E-state index in [9.17, 15) is 0 Å². The maximum Gasteiger partial charge on any atom is 0.0215 e. The summed E-state index contributed by atoms with van der Waals surface area (Å²) in [6.07, 6.45) is 10.1. The summed E-state index contributed by atoms with van der Waals surface area (Å²) in [5.74, 6) is 0. The van der Waals surface area contributed by atoms with Gasteiger partial charge in [0.15, 0.2) is 0 Å². The average Bonchev–Trinajstić information content (AvgIpc) is 3.15. The molecular weight excluding hydrogens is 492 g/mol. The van der Waals surface area contributed by atoms with Crippen molar-refractivity contribution in [3.63, 3.8) is 0 Å². The first-order chi connectivity index (χ1) is 20.2. The van der Waals surface area contributed by atoms with Gasteiger partial charge in [0.25, 0.3) is 0 Å². The molecule has 2 aliphatic rings. The van der Waals surface area contributed by atoms with Crippen LogP contribution in [0.25, 0.3) is 60.1 Å². The lowest BCUT2D eigenvalue weighted by molar-refractivity contribution is 0.456. The van der Waals surface area contributed by atoms with E-state index < -0.39 is 0 Å². The number of rotatable bonds is 2. The molecule has 1 saturated carbocycles. The fraction of sp³-hybridized carbons (Fsp3) is 0.220. The van der Waals surface area contributed by atoms with Crippen LogP contribution >= 0.6 is 0 Å². The summed E-state index contributed by atoms with van der Waals surface area (Å²) in [5, 5.41) is 7.99. The Hall–Kier alpha value is -4.16. The molecule has 0 nitrogen and oxygen atoms in total. The highest BCUT2D eigenvalue weighted by Crippen LogP contribution is 2.56. The summed E-state index contributed by atoms with van der Waals surface area (Å²) < 4.78 is 0. The summed E-state index contributed by atoms with van der Waals surface area (Å²) in [6.45, 7) is 4.40. The maximum atomic E-state index is 2.58. The molecule has 0 heterocycles.